The van der Waals surface area contributed by atoms with Crippen LogP contribution in [0.2, 0.25) is 0 Å². The minimum Gasteiger partial charge on any atom is -0.393 e. The topological polar surface area (TPSA) is 46.3 Å². The maximum Gasteiger partial charge on any atom is 0.254 e. The molecule has 0 heterocycles. The van der Waals surface area contributed by atoms with E-state index in [0.29, 0.717) is 30.1 Å². The van der Waals surface area contributed by atoms with Crippen LogP contribution in [0.1, 0.15) is 28.4 Å². The molecule has 4 heteroatoms. The largest absolute Gasteiger partial charge is 0.393 e. The maximum atomic E-state index is 12.6. The van der Waals surface area contributed by atoms with Crippen molar-refractivity contribution in [2.75, 3.05) is 6.54 Å². The smallest absolute Gasteiger partial charge is 0.254 e. The lowest BCUT2D eigenvalue weighted by Crippen LogP contribution is -2.30. The Bertz CT molecular complexity index is 638. The highest BCUT2D eigenvalue weighted by atomic mass is 32.1. The van der Waals surface area contributed by atoms with Gasteiger partial charge >= 0.3 is 0 Å². The van der Waals surface area contributed by atoms with Gasteiger partial charge in [-0.25, -0.2) is 0 Å². The molecule has 0 fully saturated rings. The fraction of sp³-hybridized carbons (Fsp3) is 0.222. The molecule has 2 N–H and O–H groups in total. The van der Waals surface area contributed by atoms with E-state index >= 15 is 0 Å². The Morgan fingerprint density at radius 1 is 1.05 bits per heavy atom. The minimum absolute atomic E-state index is 0.0354. The molecule has 2 aromatic rings. The molecule has 0 aromatic heterocycles. The number of hydrogen-bond donors (Lipinski definition) is 1. The number of rotatable bonds is 6. The molecular formula is C18H20N2OS. The second-order valence-corrected chi connectivity index (χ2v) is 5.67. The third-order valence-corrected chi connectivity index (χ3v) is 3.61. The second kappa shape index (κ2) is 7.71. The van der Waals surface area contributed by atoms with Gasteiger partial charge in [-0.05, 0) is 30.2 Å². The van der Waals surface area contributed by atoms with Crippen molar-refractivity contribution in [1.82, 2.24) is 4.90 Å². The molecular weight excluding hydrogens is 292 g/mol. The molecule has 0 saturated carbocycles. The van der Waals surface area contributed by atoms with Crippen molar-refractivity contribution in [2.24, 2.45) is 5.73 Å². The van der Waals surface area contributed by atoms with Gasteiger partial charge < -0.3 is 10.6 Å². The number of nitrogens with zero attached hydrogens (tertiary/aromatic N) is 1. The van der Waals surface area contributed by atoms with E-state index in [1.165, 1.54) is 0 Å². The Hall–Kier alpha value is -2.20. The maximum absolute atomic E-state index is 12.6. The molecule has 0 radical (unpaired) electrons. The first-order valence-electron chi connectivity index (χ1n) is 7.30. The summed E-state index contributed by atoms with van der Waals surface area (Å²) in [5, 5.41) is 0. The molecule has 2 rings (SSSR count). The van der Waals surface area contributed by atoms with E-state index in [1.54, 1.807) is 0 Å². The first kappa shape index (κ1) is 16.2. The monoisotopic (exact) mass is 312 g/mol. The van der Waals surface area contributed by atoms with Gasteiger partial charge in [0.25, 0.3) is 5.91 Å². The van der Waals surface area contributed by atoms with E-state index in [0.717, 1.165) is 11.1 Å². The van der Waals surface area contributed by atoms with Crippen LogP contribution in [-0.2, 0) is 13.0 Å². The average molecular weight is 312 g/mol. The van der Waals surface area contributed by atoms with Gasteiger partial charge in [0.1, 0.15) is 0 Å². The van der Waals surface area contributed by atoms with Gasteiger partial charge in [0.05, 0.1) is 4.99 Å². The van der Waals surface area contributed by atoms with Crippen LogP contribution in [0.5, 0.6) is 0 Å². The summed E-state index contributed by atoms with van der Waals surface area (Å²) in [6.45, 7) is 3.27. The summed E-state index contributed by atoms with van der Waals surface area (Å²) < 4.78 is 0. The average Bonchev–Trinajstić information content (AvgIpc) is 2.53. The van der Waals surface area contributed by atoms with Crippen molar-refractivity contribution < 1.29 is 4.79 Å². The van der Waals surface area contributed by atoms with Crippen LogP contribution in [0.15, 0.2) is 54.6 Å². The number of carbonyl (C=O) groups excluding carboxylic acids is 1. The molecule has 0 aliphatic carbocycles. The predicted octanol–water partition coefficient (Wildman–Crippen LogP) is 3.18. The molecule has 0 bridgehead atoms. The van der Waals surface area contributed by atoms with E-state index < -0.39 is 0 Å². The Balaban J connectivity index is 2.09. The zero-order valence-electron chi connectivity index (χ0n) is 12.7. The lowest BCUT2D eigenvalue weighted by molar-refractivity contribution is 0.0752. The number of benzene rings is 2. The molecule has 3 nitrogen and oxygen atoms in total. The number of nitrogens with two attached hydrogens (primary N) is 1. The van der Waals surface area contributed by atoms with E-state index in [-0.39, 0.29) is 5.91 Å². The van der Waals surface area contributed by atoms with E-state index in [2.05, 4.69) is 0 Å². The number of carbonyl (C=O) groups is 1. The number of amides is 1. The third-order valence-electron chi connectivity index (χ3n) is 3.46. The van der Waals surface area contributed by atoms with Crippen LogP contribution in [0.4, 0.5) is 0 Å². The van der Waals surface area contributed by atoms with Crippen molar-refractivity contribution in [2.45, 2.75) is 19.9 Å². The molecule has 1 amide bonds. The zero-order chi connectivity index (χ0) is 15.9. The summed E-state index contributed by atoms with van der Waals surface area (Å²) in [4.78, 5) is 14.9. The zero-order valence-corrected chi connectivity index (χ0v) is 13.5. The Kier molecular flexibility index (Phi) is 5.67. The molecule has 0 atom stereocenters. The number of hydrogen-bond acceptors (Lipinski definition) is 2. The quantitative estimate of drug-likeness (QED) is 0.833. The summed E-state index contributed by atoms with van der Waals surface area (Å²) in [6, 6.07) is 17.5. The summed E-state index contributed by atoms with van der Waals surface area (Å²) in [5.41, 5.74) is 8.37. The SMILES string of the molecule is CCN(Cc1ccccc1)C(=O)c1ccc(CC(N)=S)cc1. The first-order chi connectivity index (χ1) is 10.6. The van der Waals surface area contributed by atoms with Crippen LogP contribution < -0.4 is 5.73 Å². The highest BCUT2D eigenvalue weighted by Crippen LogP contribution is 2.11. The fourth-order valence-corrected chi connectivity index (χ4v) is 2.45. The highest BCUT2D eigenvalue weighted by molar-refractivity contribution is 7.80. The molecule has 0 aliphatic rings. The Morgan fingerprint density at radius 3 is 2.23 bits per heavy atom. The van der Waals surface area contributed by atoms with Crippen molar-refractivity contribution in [3.05, 3.63) is 71.3 Å². The van der Waals surface area contributed by atoms with Gasteiger partial charge in [0, 0.05) is 25.1 Å². The lowest BCUT2D eigenvalue weighted by atomic mass is 10.1. The predicted molar refractivity (Wildman–Crippen MR) is 93.8 cm³/mol. The molecule has 0 unspecified atom stereocenters. The van der Waals surface area contributed by atoms with Crippen molar-refractivity contribution in [1.29, 1.82) is 0 Å². The molecule has 2 aromatic carbocycles. The second-order valence-electron chi connectivity index (χ2n) is 5.14. The van der Waals surface area contributed by atoms with Crippen LogP contribution in [0.25, 0.3) is 0 Å². The van der Waals surface area contributed by atoms with Gasteiger partial charge in [0.2, 0.25) is 0 Å². The molecule has 0 spiro atoms. The van der Waals surface area contributed by atoms with E-state index in [9.17, 15) is 4.79 Å². The van der Waals surface area contributed by atoms with Crippen LogP contribution >= 0.6 is 12.2 Å². The van der Waals surface area contributed by atoms with Gasteiger partial charge in [0.15, 0.2) is 0 Å². The Morgan fingerprint density at radius 2 is 1.68 bits per heavy atom. The summed E-state index contributed by atoms with van der Waals surface area (Å²) >= 11 is 4.90. The van der Waals surface area contributed by atoms with Crippen molar-refractivity contribution in [3.8, 4) is 0 Å². The molecule has 0 saturated heterocycles. The van der Waals surface area contributed by atoms with Crippen molar-refractivity contribution >= 4 is 23.1 Å². The van der Waals surface area contributed by atoms with Gasteiger partial charge in [-0.1, -0.05) is 54.7 Å². The lowest BCUT2D eigenvalue weighted by Gasteiger charge is -2.21. The van der Waals surface area contributed by atoms with Crippen LogP contribution in [0, 0.1) is 0 Å². The standard InChI is InChI=1S/C18H20N2OS/c1-2-20(13-15-6-4-3-5-7-15)18(21)16-10-8-14(9-11-16)12-17(19)22/h3-11H,2,12-13H2,1H3,(H2,19,22). The Labute approximate surface area is 136 Å². The van der Waals surface area contributed by atoms with Gasteiger partial charge in [-0.2, -0.15) is 0 Å². The van der Waals surface area contributed by atoms with Crippen LogP contribution in [-0.4, -0.2) is 22.3 Å². The minimum atomic E-state index is 0.0354. The summed E-state index contributed by atoms with van der Waals surface area (Å²) in [6.07, 6.45) is 0.561. The van der Waals surface area contributed by atoms with E-state index in [4.69, 9.17) is 18.0 Å². The van der Waals surface area contributed by atoms with Crippen molar-refractivity contribution in [3.63, 3.8) is 0 Å². The highest BCUT2D eigenvalue weighted by Gasteiger charge is 2.14. The summed E-state index contributed by atoms with van der Waals surface area (Å²) in [5.74, 6) is 0.0354. The first-order valence-corrected chi connectivity index (χ1v) is 7.71. The molecule has 114 valence electrons. The van der Waals surface area contributed by atoms with Gasteiger partial charge in [-0.3, -0.25) is 4.79 Å². The summed E-state index contributed by atoms with van der Waals surface area (Å²) in [7, 11) is 0. The van der Waals surface area contributed by atoms with Gasteiger partial charge in [-0.15, -0.1) is 0 Å². The molecule has 0 aliphatic heterocycles. The fourth-order valence-electron chi connectivity index (χ4n) is 2.28. The third kappa shape index (κ3) is 4.40. The normalized spacial score (nSPS) is 10.2. The van der Waals surface area contributed by atoms with Crippen LogP contribution in [0.3, 0.4) is 0 Å². The van der Waals surface area contributed by atoms with E-state index in [1.807, 2.05) is 66.4 Å². The molecule has 22 heavy (non-hydrogen) atoms. The number of thiocarbonyl (C=S) groups is 1.